The van der Waals surface area contributed by atoms with Crippen molar-refractivity contribution in [2.24, 2.45) is 5.92 Å². The predicted molar refractivity (Wildman–Crippen MR) is 145 cm³/mol. The summed E-state index contributed by atoms with van der Waals surface area (Å²) in [6.45, 7) is 8.02. The van der Waals surface area contributed by atoms with Gasteiger partial charge in [0.15, 0.2) is 0 Å². The molecule has 0 fully saturated rings. The number of carbonyl (C=O) groups excluding carboxylic acids is 1. The van der Waals surface area contributed by atoms with E-state index in [9.17, 15) is 4.79 Å². The molecule has 0 radical (unpaired) electrons. The summed E-state index contributed by atoms with van der Waals surface area (Å²) in [6.07, 6.45) is 10.3. The Morgan fingerprint density at radius 1 is 0.829 bits per heavy atom. The van der Waals surface area contributed by atoms with Crippen LogP contribution in [0.2, 0.25) is 0 Å². The van der Waals surface area contributed by atoms with Crippen LogP contribution in [0.15, 0.2) is 54.6 Å². The third-order valence-corrected chi connectivity index (χ3v) is 6.41. The molecule has 0 amide bonds. The van der Waals surface area contributed by atoms with Gasteiger partial charge in [0.2, 0.25) is 0 Å². The fourth-order valence-electron chi connectivity index (χ4n) is 4.59. The Kier molecular flexibility index (Phi) is 12.9. The van der Waals surface area contributed by atoms with Gasteiger partial charge in [-0.15, -0.1) is 0 Å². The lowest BCUT2D eigenvalue weighted by Crippen LogP contribution is -2.44. The maximum Gasteiger partial charge on any atom is 0.314 e. The highest BCUT2D eigenvalue weighted by Crippen LogP contribution is 2.17. The SMILES string of the molecule is CCCCCCCCCc1ccc(OC(C)COC(=O)C(C)C[N+](C)(C)Cc2ccccc2)cc1. The molecule has 2 aromatic rings. The summed E-state index contributed by atoms with van der Waals surface area (Å²) < 4.78 is 12.3. The maximum absolute atomic E-state index is 12.6. The predicted octanol–water partition coefficient (Wildman–Crippen LogP) is 7.20. The first kappa shape index (κ1) is 28.9. The molecule has 2 aromatic carbocycles. The van der Waals surface area contributed by atoms with E-state index < -0.39 is 0 Å². The molecule has 35 heavy (non-hydrogen) atoms. The minimum Gasteiger partial charge on any atom is -0.487 e. The third kappa shape index (κ3) is 12.3. The fourth-order valence-corrected chi connectivity index (χ4v) is 4.59. The second-order valence-corrected chi connectivity index (χ2v) is 10.7. The van der Waals surface area contributed by atoms with Crippen LogP contribution in [-0.2, 0) is 22.5 Å². The molecule has 0 aliphatic carbocycles. The molecule has 2 rings (SSSR count). The van der Waals surface area contributed by atoms with Crippen LogP contribution in [0, 0.1) is 5.92 Å². The van der Waals surface area contributed by atoms with Gasteiger partial charge in [0.25, 0.3) is 0 Å². The summed E-state index contributed by atoms with van der Waals surface area (Å²) in [4.78, 5) is 12.6. The standard InChI is InChI=1S/C31H48NO3/c1-6-7-8-9-10-11-13-16-28-19-21-30(22-20-28)35-27(3)25-34-31(33)26(2)23-32(4,5)24-29-17-14-12-15-18-29/h12,14-15,17-22,26-27H,6-11,13,16,23-25H2,1-5H3/q+1. The van der Waals surface area contributed by atoms with Gasteiger partial charge in [0.05, 0.1) is 20.6 Å². The molecule has 0 bridgehead atoms. The molecule has 4 heteroatoms. The molecule has 0 saturated heterocycles. The molecular formula is C31H48NO3+. The normalized spacial score (nSPS) is 13.3. The highest BCUT2D eigenvalue weighted by atomic mass is 16.6. The van der Waals surface area contributed by atoms with Crippen molar-refractivity contribution in [3.05, 3.63) is 65.7 Å². The average molecular weight is 483 g/mol. The van der Waals surface area contributed by atoms with Gasteiger partial charge in [-0.25, -0.2) is 0 Å². The summed E-state index contributed by atoms with van der Waals surface area (Å²) in [6, 6.07) is 18.8. The summed E-state index contributed by atoms with van der Waals surface area (Å²) in [5.74, 6) is 0.488. The van der Waals surface area contributed by atoms with Gasteiger partial charge in [0, 0.05) is 5.56 Å². The number of hydrogen-bond donors (Lipinski definition) is 0. The average Bonchev–Trinajstić information content (AvgIpc) is 2.83. The van der Waals surface area contributed by atoms with Crippen molar-refractivity contribution < 1.29 is 18.8 Å². The lowest BCUT2D eigenvalue weighted by Gasteiger charge is -2.32. The molecule has 4 nitrogen and oxygen atoms in total. The smallest absolute Gasteiger partial charge is 0.314 e. The number of hydrogen-bond acceptors (Lipinski definition) is 3. The Hall–Kier alpha value is -2.33. The Morgan fingerprint density at radius 2 is 1.46 bits per heavy atom. The first-order valence-corrected chi connectivity index (χ1v) is 13.6. The molecule has 0 spiro atoms. The number of carbonyl (C=O) groups is 1. The zero-order valence-electron chi connectivity index (χ0n) is 22.8. The van der Waals surface area contributed by atoms with Crippen LogP contribution < -0.4 is 4.74 Å². The number of nitrogens with zero attached hydrogens (tertiary/aromatic N) is 1. The fraction of sp³-hybridized carbons (Fsp3) is 0.581. The first-order chi connectivity index (χ1) is 16.8. The van der Waals surface area contributed by atoms with Gasteiger partial charge in [-0.2, -0.15) is 0 Å². The van der Waals surface area contributed by atoms with Crippen LogP contribution in [0.25, 0.3) is 0 Å². The second-order valence-electron chi connectivity index (χ2n) is 10.7. The Labute approximate surface area is 214 Å². The molecule has 0 N–H and O–H groups in total. The van der Waals surface area contributed by atoms with Gasteiger partial charge in [-0.3, -0.25) is 4.79 Å². The van der Waals surface area contributed by atoms with Crippen molar-refractivity contribution in [2.75, 3.05) is 27.2 Å². The first-order valence-electron chi connectivity index (χ1n) is 13.6. The summed E-state index contributed by atoms with van der Waals surface area (Å²) in [7, 11) is 4.31. The van der Waals surface area contributed by atoms with E-state index in [1.165, 1.54) is 56.1 Å². The van der Waals surface area contributed by atoms with Crippen molar-refractivity contribution in [3.8, 4) is 5.75 Å². The van der Waals surface area contributed by atoms with Gasteiger partial charge in [0.1, 0.15) is 30.9 Å². The van der Waals surface area contributed by atoms with E-state index in [1.54, 1.807) is 0 Å². The molecule has 0 heterocycles. The van der Waals surface area contributed by atoms with Gasteiger partial charge >= 0.3 is 5.97 Å². The molecule has 0 aromatic heterocycles. The summed E-state index contributed by atoms with van der Waals surface area (Å²) >= 11 is 0. The lowest BCUT2D eigenvalue weighted by molar-refractivity contribution is -0.905. The van der Waals surface area contributed by atoms with E-state index in [0.717, 1.165) is 29.7 Å². The van der Waals surface area contributed by atoms with Crippen molar-refractivity contribution in [2.45, 2.75) is 84.8 Å². The van der Waals surface area contributed by atoms with Crippen LogP contribution in [0.1, 0.15) is 76.8 Å². The van der Waals surface area contributed by atoms with Crippen molar-refractivity contribution in [3.63, 3.8) is 0 Å². The Bertz CT molecular complexity index is 832. The topological polar surface area (TPSA) is 35.5 Å². The van der Waals surface area contributed by atoms with Crippen LogP contribution in [0.3, 0.4) is 0 Å². The van der Waals surface area contributed by atoms with Crippen molar-refractivity contribution in [1.29, 1.82) is 0 Å². The van der Waals surface area contributed by atoms with Crippen molar-refractivity contribution in [1.82, 2.24) is 0 Å². The van der Waals surface area contributed by atoms with Gasteiger partial charge in [-0.1, -0.05) is 87.9 Å². The van der Waals surface area contributed by atoms with E-state index in [4.69, 9.17) is 9.47 Å². The molecule has 0 aliphatic rings. The number of benzene rings is 2. The van der Waals surface area contributed by atoms with Crippen molar-refractivity contribution >= 4 is 5.97 Å². The number of aryl methyl sites for hydroxylation is 1. The number of quaternary nitrogens is 1. The lowest BCUT2D eigenvalue weighted by atomic mass is 10.0. The quantitative estimate of drug-likeness (QED) is 0.136. The minimum atomic E-state index is -0.188. The van der Waals surface area contributed by atoms with Crippen LogP contribution >= 0.6 is 0 Å². The van der Waals surface area contributed by atoms with E-state index in [2.05, 4.69) is 57.4 Å². The zero-order chi connectivity index (χ0) is 25.5. The Morgan fingerprint density at radius 3 is 2.11 bits per heavy atom. The molecule has 0 aliphatic heterocycles. The molecule has 0 saturated carbocycles. The molecule has 194 valence electrons. The molecule has 2 unspecified atom stereocenters. The van der Waals surface area contributed by atoms with E-state index in [0.29, 0.717) is 0 Å². The van der Waals surface area contributed by atoms with Gasteiger partial charge < -0.3 is 14.0 Å². The Balaban J connectivity index is 1.66. The van der Waals surface area contributed by atoms with Crippen LogP contribution in [0.4, 0.5) is 0 Å². The number of esters is 1. The highest BCUT2D eigenvalue weighted by molar-refractivity contribution is 5.72. The van der Waals surface area contributed by atoms with Crippen LogP contribution in [-0.4, -0.2) is 43.8 Å². The minimum absolute atomic E-state index is 0.162. The zero-order valence-corrected chi connectivity index (χ0v) is 22.8. The highest BCUT2D eigenvalue weighted by Gasteiger charge is 2.26. The molecule has 2 atom stereocenters. The summed E-state index contributed by atoms with van der Waals surface area (Å²) in [5, 5.41) is 0. The van der Waals surface area contributed by atoms with E-state index in [-0.39, 0.29) is 24.6 Å². The van der Waals surface area contributed by atoms with Crippen LogP contribution in [0.5, 0.6) is 5.75 Å². The van der Waals surface area contributed by atoms with E-state index >= 15 is 0 Å². The maximum atomic E-state index is 12.6. The number of unbranched alkanes of at least 4 members (excludes halogenated alkanes) is 6. The van der Waals surface area contributed by atoms with Gasteiger partial charge in [-0.05, 0) is 44.4 Å². The largest absolute Gasteiger partial charge is 0.487 e. The number of ether oxygens (including phenoxy) is 2. The molecular weight excluding hydrogens is 434 g/mol. The second kappa shape index (κ2) is 15.6. The summed E-state index contributed by atoms with van der Waals surface area (Å²) in [5.41, 5.74) is 2.63. The third-order valence-electron chi connectivity index (χ3n) is 6.41. The monoisotopic (exact) mass is 482 g/mol. The van der Waals surface area contributed by atoms with E-state index in [1.807, 2.05) is 32.0 Å². The number of rotatable bonds is 17.